The molecule has 0 radical (unpaired) electrons. The van der Waals surface area contributed by atoms with Crippen LogP contribution >= 0.6 is 0 Å². The molecule has 0 aromatic heterocycles. The molecule has 20 heavy (non-hydrogen) atoms. The molecule has 0 heterocycles. The van der Waals surface area contributed by atoms with Crippen LogP contribution < -0.4 is 5.32 Å². The second-order valence-corrected chi connectivity index (χ2v) is 7.68. The minimum atomic E-state index is -3.42. The molecule has 0 aliphatic rings. The van der Waals surface area contributed by atoms with Gasteiger partial charge in [0, 0.05) is 19.6 Å². The molecule has 0 aliphatic heterocycles. The molecular weight excluding hydrogens is 272 g/mol. The maximum Gasteiger partial charge on any atom is 0.243 e. The molecule has 0 fully saturated rings. The Kier molecular flexibility index (Phi) is 6.17. The van der Waals surface area contributed by atoms with E-state index in [9.17, 15) is 8.42 Å². The van der Waals surface area contributed by atoms with Gasteiger partial charge in [0.15, 0.2) is 0 Å². The standard InChI is InChI=1S/C15H26N2O2S/c1-12(2)9-13(3)17(5)20(18,19)15-8-6-7-14(10-15)11-16-4/h6-8,10,12-13,16H,9,11H2,1-5H3. The van der Waals surface area contributed by atoms with Gasteiger partial charge in [-0.2, -0.15) is 4.31 Å². The lowest BCUT2D eigenvalue weighted by Crippen LogP contribution is -2.36. The minimum absolute atomic E-state index is 0.00652. The van der Waals surface area contributed by atoms with Gasteiger partial charge in [-0.3, -0.25) is 0 Å². The van der Waals surface area contributed by atoms with Crippen LogP contribution in [-0.4, -0.2) is 32.9 Å². The Morgan fingerprint density at radius 2 is 1.90 bits per heavy atom. The lowest BCUT2D eigenvalue weighted by atomic mass is 10.1. The summed E-state index contributed by atoms with van der Waals surface area (Å²) in [6.45, 7) is 6.82. The van der Waals surface area contributed by atoms with E-state index in [-0.39, 0.29) is 6.04 Å². The summed E-state index contributed by atoms with van der Waals surface area (Å²) in [7, 11) is 0.0860. The van der Waals surface area contributed by atoms with Gasteiger partial charge in [-0.05, 0) is 44.0 Å². The third-order valence-electron chi connectivity index (χ3n) is 3.39. The van der Waals surface area contributed by atoms with Crippen molar-refractivity contribution in [1.82, 2.24) is 9.62 Å². The Balaban J connectivity index is 3.00. The molecule has 0 aliphatic carbocycles. The van der Waals surface area contributed by atoms with Crippen molar-refractivity contribution in [3.05, 3.63) is 29.8 Å². The van der Waals surface area contributed by atoms with Crippen molar-refractivity contribution in [2.24, 2.45) is 5.92 Å². The molecule has 1 aromatic carbocycles. The van der Waals surface area contributed by atoms with E-state index in [0.717, 1.165) is 12.0 Å². The zero-order valence-electron chi connectivity index (χ0n) is 13.1. The van der Waals surface area contributed by atoms with Crippen molar-refractivity contribution in [3.63, 3.8) is 0 Å². The zero-order valence-corrected chi connectivity index (χ0v) is 13.9. The first-order chi connectivity index (χ1) is 9.28. The Morgan fingerprint density at radius 1 is 1.25 bits per heavy atom. The van der Waals surface area contributed by atoms with E-state index in [0.29, 0.717) is 17.4 Å². The van der Waals surface area contributed by atoms with Gasteiger partial charge in [-0.25, -0.2) is 8.42 Å². The number of sulfonamides is 1. The quantitative estimate of drug-likeness (QED) is 0.841. The lowest BCUT2D eigenvalue weighted by molar-refractivity contribution is 0.338. The van der Waals surface area contributed by atoms with Gasteiger partial charge in [0.05, 0.1) is 4.90 Å². The van der Waals surface area contributed by atoms with Crippen molar-refractivity contribution in [3.8, 4) is 0 Å². The summed E-state index contributed by atoms with van der Waals surface area (Å²) in [5.74, 6) is 0.471. The number of hydrogen-bond donors (Lipinski definition) is 1. The van der Waals surface area contributed by atoms with E-state index in [4.69, 9.17) is 0 Å². The Labute approximate surface area is 123 Å². The van der Waals surface area contributed by atoms with Crippen LogP contribution in [0.5, 0.6) is 0 Å². The van der Waals surface area contributed by atoms with Crippen LogP contribution in [0.3, 0.4) is 0 Å². The fourth-order valence-corrected chi connectivity index (χ4v) is 3.70. The van der Waals surface area contributed by atoms with E-state index in [1.807, 2.05) is 20.0 Å². The van der Waals surface area contributed by atoms with Gasteiger partial charge in [-0.1, -0.05) is 26.0 Å². The molecule has 1 unspecified atom stereocenters. The van der Waals surface area contributed by atoms with E-state index >= 15 is 0 Å². The van der Waals surface area contributed by atoms with Crippen molar-refractivity contribution >= 4 is 10.0 Å². The van der Waals surface area contributed by atoms with Gasteiger partial charge < -0.3 is 5.32 Å². The van der Waals surface area contributed by atoms with Crippen molar-refractivity contribution in [2.45, 2.75) is 44.7 Å². The molecule has 114 valence electrons. The van der Waals surface area contributed by atoms with Crippen LogP contribution in [-0.2, 0) is 16.6 Å². The normalized spacial score (nSPS) is 13.9. The molecule has 0 spiro atoms. The average molecular weight is 298 g/mol. The molecule has 1 N–H and O–H groups in total. The van der Waals surface area contributed by atoms with Crippen molar-refractivity contribution in [1.29, 1.82) is 0 Å². The Bertz CT molecular complexity index is 526. The summed E-state index contributed by atoms with van der Waals surface area (Å²) in [6.07, 6.45) is 0.853. The number of hydrogen-bond acceptors (Lipinski definition) is 3. The van der Waals surface area contributed by atoms with E-state index in [1.165, 1.54) is 4.31 Å². The first-order valence-corrected chi connectivity index (χ1v) is 8.44. The Hall–Kier alpha value is -0.910. The van der Waals surface area contributed by atoms with Crippen LogP contribution in [0.15, 0.2) is 29.2 Å². The predicted molar refractivity (Wildman–Crippen MR) is 83.1 cm³/mol. The van der Waals surface area contributed by atoms with Crippen LogP contribution in [0.2, 0.25) is 0 Å². The van der Waals surface area contributed by atoms with Crippen LogP contribution in [0.25, 0.3) is 0 Å². The summed E-state index contributed by atoms with van der Waals surface area (Å²) in [6, 6.07) is 7.11. The van der Waals surface area contributed by atoms with E-state index < -0.39 is 10.0 Å². The molecule has 0 amide bonds. The highest BCUT2D eigenvalue weighted by Gasteiger charge is 2.25. The second-order valence-electron chi connectivity index (χ2n) is 5.68. The molecule has 1 aromatic rings. The van der Waals surface area contributed by atoms with Gasteiger partial charge in [0.1, 0.15) is 0 Å². The van der Waals surface area contributed by atoms with Crippen LogP contribution in [0.4, 0.5) is 0 Å². The highest BCUT2D eigenvalue weighted by Crippen LogP contribution is 2.20. The number of nitrogens with zero attached hydrogens (tertiary/aromatic N) is 1. The van der Waals surface area contributed by atoms with Gasteiger partial charge >= 0.3 is 0 Å². The van der Waals surface area contributed by atoms with Gasteiger partial charge in [0.2, 0.25) is 10.0 Å². The molecule has 1 atom stereocenters. The average Bonchev–Trinajstić information content (AvgIpc) is 2.37. The summed E-state index contributed by atoms with van der Waals surface area (Å²) < 4.78 is 26.7. The predicted octanol–water partition coefficient (Wildman–Crippen LogP) is 2.46. The molecule has 0 saturated heterocycles. The van der Waals surface area contributed by atoms with Crippen LogP contribution in [0.1, 0.15) is 32.8 Å². The molecule has 0 bridgehead atoms. The summed E-state index contributed by atoms with van der Waals surface area (Å²) in [5.41, 5.74) is 0.971. The largest absolute Gasteiger partial charge is 0.316 e. The third-order valence-corrected chi connectivity index (χ3v) is 5.36. The highest BCUT2D eigenvalue weighted by molar-refractivity contribution is 7.89. The zero-order chi connectivity index (χ0) is 15.3. The van der Waals surface area contributed by atoms with Crippen molar-refractivity contribution in [2.75, 3.05) is 14.1 Å². The number of rotatable bonds is 7. The lowest BCUT2D eigenvalue weighted by Gasteiger charge is -2.25. The molecule has 0 saturated carbocycles. The number of benzene rings is 1. The summed E-state index contributed by atoms with van der Waals surface area (Å²) in [4.78, 5) is 0.364. The Morgan fingerprint density at radius 3 is 2.45 bits per heavy atom. The highest BCUT2D eigenvalue weighted by atomic mass is 32.2. The van der Waals surface area contributed by atoms with E-state index in [2.05, 4.69) is 19.2 Å². The first kappa shape index (κ1) is 17.1. The minimum Gasteiger partial charge on any atom is -0.316 e. The monoisotopic (exact) mass is 298 g/mol. The summed E-state index contributed by atoms with van der Waals surface area (Å²) in [5, 5.41) is 3.03. The molecule has 4 nitrogen and oxygen atoms in total. The fraction of sp³-hybridized carbons (Fsp3) is 0.600. The molecule has 5 heteroatoms. The SMILES string of the molecule is CNCc1cccc(S(=O)(=O)N(C)C(C)CC(C)C)c1. The smallest absolute Gasteiger partial charge is 0.243 e. The number of nitrogens with one attached hydrogen (secondary N) is 1. The maximum absolute atomic E-state index is 12.6. The topological polar surface area (TPSA) is 49.4 Å². The van der Waals surface area contributed by atoms with E-state index in [1.54, 1.807) is 25.2 Å². The second kappa shape index (κ2) is 7.20. The maximum atomic E-state index is 12.6. The first-order valence-electron chi connectivity index (χ1n) is 7.00. The fourth-order valence-electron chi connectivity index (χ4n) is 2.25. The molecular formula is C15H26N2O2S. The third kappa shape index (κ3) is 4.30. The molecule has 1 rings (SSSR count). The summed E-state index contributed by atoms with van der Waals surface area (Å²) >= 11 is 0. The van der Waals surface area contributed by atoms with Crippen molar-refractivity contribution < 1.29 is 8.42 Å². The van der Waals surface area contributed by atoms with Gasteiger partial charge in [-0.15, -0.1) is 0 Å². The van der Waals surface area contributed by atoms with Gasteiger partial charge in [0.25, 0.3) is 0 Å². The van der Waals surface area contributed by atoms with Crippen LogP contribution in [0, 0.1) is 5.92 Å².